The second-order valence-corrected chi connectivity index (χ2v) is 7.29. The van der Waals surface area contributed by atoms with Gasteiger partial charge in [0.2, 0.25) is 0 Å². The summed E-state index contributed by atoms with van der Waals surface area (Å²) < 4.78 is 0. The van der Waals surface area contributed by atoms with Crippen molar-refractivity contribution in [2.45, 2.75) is 18.9 Å². The van der Waals surface area contributed by atoms with Crippen molar-refractivity contribution >= 4 is 46.1 Å². The van der Waals surface area contributed by atoms with Crippen molar-refractivity contribution in [3.8, 4) is 0 Å². The van der Waals surface area contributed by atoms with Crippen LogP contribution < -0.4 is 10.2 Å². The van der Waals surface area contributed by atoms with E-state index in [1.54, 1.807) is 29.5 Å². The standard InChI is InChI=1S/C16H16Cl2N2OS/c17-11-5-6-13(12(18)9-11)19-16(21)10-20-7-1-3-14(20)15-4-2-8-22-15/h2,4-6,8-9,14H,1,3,7,10H2,(H,19,21)/p+1/t14-/m1/s1. The van der Waals surface area contributed by atoms with Crippen molar-refractivity contribution in [2.24, 2.45) is 0 Å². The molecule has 2 atom stereocenters. The second-order valence-electron chi connectivity index (χ2n) is 5.47. The number of quaternary nitrogens is 1. The van der Waals surface area contributed by atoms with E-state index in [2.05, 4.69) is 22.8 Å². The van der Waals surface area contributed by atoms with E-state index in [0.717, 1.165) is 19.4 Å². The maximum Gasteiger partial charge on any atom is 0.279 e. The Bertz CT molecular complexity index is 660. The number of benzene rings is 1. The summed E-state index contributed by atoms with van der Waals surface area (Å²) in [5.74, 6) is -0.0114. The van der Waals surface area contributed by atoms with E-state index >= 15 is 0 Å². The molecule has 1 aliphatic rings. The van der Waals surface area contributed by atoms with Gasteiger partial charge in [-0.25, -0.2) is 0 Å². The fraction of sp³-hybridized carbons (Fsp3) is 0.312. The highest BCUT2D eigenvalue weighted by atomic mass is 35.5. The van der Waals surface area contributed by atoms with Gasteiger partial charge in [0.15, 0.2) is 6.54 Å². The molecule has 1 fully saturated rings. The van der Waals surface area contributed by atoms with Crippen LogP contribution in [0.1, 0.15) is 23.8 Å². The fourth-order valence-electron chi connectivity index (χ4n) is 2.95. The minimum Gasteiger partial charge on any atom is -0.320 e. The van der Waals surface area contributed by atoms with Crippen LogP contribution in [0.5, 0.6) is 0 Å². The molecule has 6 heteroatoms. The first kappa shape index (κ1) is 15.8. The monoisotopic (exact) mass is 355 g/mol. The zero-order chi connectivity index (χ0) is 15.5. The lowest BCUT2D eigenvalue weighted by atomic mass is 10.2. The quantitative estimate of drug-likeness (QED) is 0.865. The molecule has 1 unspecified atom stereocenters. The maximum absolute atomic E-state index is 12.3. The summed E-state index contributed by atoms with van der Waals surface area (Å²) in [6.45, 7) is 1.49. The summed E-state index contributed by atoms with van der Waals surface area (Å²) in [6.07, 6.45) is 2.30. The Morgan fingerprint density at radius 2 is 2.23 bits per heavy atom. The van der Waals surface area contributed by atoms with Gasteiger partial charge in [0.05, 0.1) is 22.1 Å². The van der Waals surface area contributed by atoms with E-state index in [0.29, 0.717) is 28.3 Å². The minimum atomic E-state index is -0.0114. The summed E-state index contributed by atoms with van der Waals surface area (Å²) >= 11 is 13.7. The smallest absolute Gasteiger partial charge is 0.279 e. The lowest BCUT2D eigenvalue weighted by Crippen LogP contribution is -3.11. The highest BCUT2D eigenvalue weighted by Crippen LogP contribution is 2.25. The van der Waals surface area contributed by atoms with E-state index in [9.17, 15) is 4.79 Å². The van der Waals surface area contributed by atoms with E-state index in [1.807, 2.05) is 0 Å². The normalized spacial score (nSPS) is 21.0. The lowest BCUT2D eigenvalue weighted by molar-refractivity contribution is -0.910. The number of hydrogen-bond donors (Lipinski definition) is 2. The van der Waals surface area contributed by atoms with Crippen LogP contribution in [0.15, 0.2) is 35.7 Å². The van der Waals surface area contributed by atoms with Gasteiger partial charge in [-0.05, 0) is 29.6 Å². The van der Waals surface area contributed by atoms with Gasteiger partial charge >= 0.3 is 0 Å². The molecule has 1 amide bonds. The van der Waals surface area contributed by atoms with Gasteiger partial charge in [-0.15, -0.1) is 11.3 Å². The van der Waals surface area contributed by atoms with Gasteiger partial charge in [0.25, 0.3) is 5.91 Å². The first-order chi connectivity index (χ1) is 10.6. The number of thiophene rings is 1. The highest BCUT2D eigenvalue weighted by molar-refractivity contribution is 7.10. The molecule has 0 bridgehead atoms. The minimum absolute atomic E-state index is 0.0114. The number of rotatable bonds is 4. The SMILES string of the molecule is O=C(C[NH+]1CCC[C@@H]1c1cccs1)Nc1ccc(Cl)cc1Cl. The fourth-order valence-corrected chi connectivity index (χ4v) is 4.32. The molecule has 2 aromatic rings. The Labute approximate surface area is 143 Å². The van der Waals surface area contributed by atoms with Gasteiger partial charge in [-0.1, -0.05) is 29.3 Å². The third-order valence-electron chi connectivity index (χ3n) is 3.96. The van der Waals surface area contributed by atoms with Crippen molar-refractivity contribution in [3.63, 3.8) is 0 Å². The Kier molecular flexibility index (Phi) is 5.03. The Balaban J connectivity index is 1.64. The van der Waals surface area contributed by atoms with Crippen LogP contribution >= 0.6 is 34.5 Å². The third kappa shape index (κ3) is 3.63. The number of likely N-dealkylation sites (tertiary alicyclic amines) is 1. The molecule has 22 heavy (non-hydrogen) atoms. The van der Waals surface area contributed by atoms with Gasteiger partial charge in [0.1, 0.15) is 6.04 Å². The molecule has 0 radical (unpaired) electrons. The van der Waals surface area contributed by atoms with Crippen LogP contribution in [-0.2, 0) is 4.79 Å². The van der Waals surface area contributed by atoms with E-state index in [4.69, 9.17) is 23.2 Å². The first-order valence-corrected chi connectivity index (χ1v) is 8.90. The van der Waals surface area contributed by atoms with Gasteiger partial charge < -0.3 is 10.2 Å². The largest absolute Gasteiger partial charge is 0.320 e. The lowest BCUT2D eigenvalue weighted by Gasteiger charge is -2.20. The van der Waals surface area contributed by atoms with Crippen molar-refractivity contribution in [1.82, 2.24) is 0 Å². The molecule has 0 spiro atoms. The number of carbonyl (C=O) groups excluding carboxylic acids is 1. The van der Waals surface area contributed by atoms with Crippen molar-refractivity contribution in [3.05, 3.63) is 50.6 Å². The molecule has 1 aromatic heterocycles. The molecule has 0 saturated carbocycles. The zero-order valence-electron chi connectivity index (χ0n) is 11.9. The van der Waals surface area contributed by atoms with E-state index < -0.39 is 0 Å². The summed E-state index contributed by atoms with van der Waals surface area (Å²) in [6, 6.07) is 9.76. The summed E-state index contributed by atoms with van der Waals surface area (Å²) in [7, 11) is 0. The van der Waals surface area contributed by atoms with Crippen molar-refractivity contribution < 1.29 is 9.69 Å². The molecule has 2 N–H and O–H groups in total. The average molecular weight is 356 g/mol. The molecular formula is C16H17Cl2N2OS+. The predicted molar refractivity (Wildman–Crippen MR) is 92.1 cm³/mol. The first-order valence-electron chi connectivity index (χ1n) is 7.26. The number of anilines is 1. The molecular weight excluding hydrogens is 339 g/mol. The number of carbonyl (C=O) groups is 1. The summed E-state index contributed by atoms with van der Waals surface area (Å²) in [4.78, 5) is 15.0. The zero-order valence-corrected chi connectivity index (χ0v) is 14.3. The van der Waals surface area contributed by atoms with Gasteiger partial charge in [-0.3, -0.25) is 4.79 Å². The highest BCUT2D eigenvalue weighted by Gasteiger charge is 2.32. The van der Waals surface area contributed by atoms with Crippen LogP contribution in [0.4, 0.5) is 5.69 Å². The molecule has 3 nitrogen and oxygen atoms in total. The number of halogens is 2. The second kappa shape index (κ2) is 7.01. The number of hydrogen-bond acceptors (Lipinski definition) is 2. The van der Waals surface area contributed by atoms with Crippen LogP contribution in [-0.4, -0.2) is 19.0 Å². The molecule has 3 rings (SSSR count). The molecule has 1 aliphatic heterocycles. The molecule has 1 aromatic carbocycles. The number of nitrogens with one attached hydrogen (secondary N) is 2. The van der Waals surface area contributed by atoms with Gasteiger partial charge in [-0.2, -0.15) is 0 Å². The average Bonchev–Trinajstić information content (AvgIpc) is 3.12. The predicted octanol–water partition coefficient (Wildman–Crippen LogP) is 3.41. The van der Waals surface area contributed by atoms with Crippen LogP contribution in [0.2, 0.25) is 10.0 Å². The molecule has 116 valence electrons. The molecule has 1 saturated heterocycles. The van der Waals surface area contributed by atoms with E-state index in [1.165, 1.54) is 9.78 Å². The van der Waals surface area contributed by atoms with Crippen molar-refractivity contribution in [2.75, 3.05) is 18.4 Å². The van der Waals surface area contributed by atoms with Crippen LogP contribution in [0, 0.1) is 0 Å². The summed E-state index contributed by atoms with van der Waals surface area (Å²) in [5.41, 5.74) is 0.613. The topological polar surface area (TPSA) is 33.5 Å². The maximum atomic E-state index is 12.3. The van der Waals surface area contributed by atoms with Crippen LogP contribution in [0.3, 0.4) is 0 Å². The Hall–Kier alpha value is -1.07. The van der Waals surface area contributed by atoms with E-state index in [-0.39, 0.29) is 5.91 Å². The molecule has 0 aliphatic carbocycles. The third-order valence-corrected chi connectivity index (χ3v) is 5.50. The van der Waals surface area contributed by atoms with Crippen LogP contribution in [0.25, 0.3) is 0 Å². The van der Waals surface area contributed by atoms with Crippen molar-refractivity contribution in [1.29, 1.82) is 0 Å². The number of amides is 1. The van der Waals surface area contributed by atoms with Gasteiger partial charge in [0, 0.05) is 17.9 Å². The Morgan fingerprint density at radius 3 is 2.95 bits per heavy atom. The summed E-state index contributed by atoms with van der Waals surface area (Å²) in [5, 5.41) is 6.01. The molecule has 2 heterocycles. The Morgan fingerprint density at radius 1 is 1.36 bits per heavy atom.